The third-order valence-electron chi connectivity index (χ3n) is 3.53. The number of aryl methyl sites for hydroxylation is 1. The first-order valence-corrected chi connectivity index (χ1v) is 7.21. The molecule has 1 aliphatic rings. The molecule has 1 atom stereocenters. The molecule has 0 radical (unpaired) electrons. The average molecular weight is 263 g/mol. The summed E-state index contributed by atoms with van der Waals surface area (Å²) >= 11 is 0. The van der Waals surface area contributed by atoms with Gasteiger partial charge in [-0.2, -0.15) is 0 Å². The van der Waals surface area contributed by atoms with Gasteiger partial charge in [0.1, 0.15) is 5.82 Å². The van der Waals surface area contributed by atoms with Gasteiger partial charge in [0.2, 0.25) is 0 Å². The van der Waals surface area contributed by atoms with Crippen molar-refractivity contribution in [1.82, 2.24) is 10.3 Å². The SMILES string of the molecule is CCN(CC1CCCO1)c1cc(CNC)cc(C)n1. The van der Waals surface area contributed by atoms with Crippen molar-refractivity contribution >= 4 is 5.82 Å². The number of pyridine rings is 1. The maximum absolute atomic E-state index is 5.73. The lowest BCUT2D eigenvalue weighted by Gasteiger charge is -2.25. The lowest BCUT2D eigenvalue weighted by atomic mass is 10.2. The molecule has 0 amide bonds. The molecule has 4 heteroatoms. The maximum Gasteiger partial charge on any atom is 0.129 e. The molecule has 2 rings (SSSR count). The van der Waals surface area contributed by atoms with Gasteiger partial charge in [0.15, 0.2) is 0 Å². The van der Waals surface area contributed by atoms with Crippen LogP contribution in [0.25, 0.3) is 0 Å². The van der Waals surface area contributed by atoms with E-state index in [4.69, 9.17) is 4.74 Å². The second-order valence-electron chi connectivity index (χ2n) is 5.18. The highest BCUT2D eigenvalue weighted by Gasteiger charge is 2.19. The van der Waals surface area contributed by atoms with Crippen LogP contribution in [0.3, 0.4) is 0 Å². The summed E-state index contributed by atoms with van der Waals surface area (Å²) < 4.78 is 5.73. The van der Waals surface area contributed by atoms with Gasteiger partial charge in [-0.25, -0.2) is 4.98 Å². The molecule has 1 aromatic rings. The van der Waals surface area contributed by atoms with Crippen LogP contribution in [0.4, 0.5) is 5.82 Å². The Morgan fingerprint density at radius 3 is 2.95 bits per heavy atom. The Labute approximate surface area is 116 Å². The third kappa shape index (κ3) is 3.91. The molecular weight excluding hydrogens is 238 g/mol. The van der Waals surface area contributed by atoms with Gasteiger partial charge < -0.3 is 15.0 Å². The van der Waals surface area contributed by atoms with Crippen molar-refractivity contribution in [3.05, 3.63) is 23.4 Å². The number of ether oxygens (including phenoxy) is 1. The van der Waals surface area contributed by atoms with Crippen molar-refractivity contribution in [1.29, 1.82) is 0 Å². The molecule has 106 valence electrons. The summed E-state index contributed by atoms with van der Waals surface area (Å²) in [6.45, 7) is 7.95. The zero-order valence-electron chi connectivity index (χ0n) is 12.3. The molecule has 1 saturated heterocycles. The van der Waals surface area contributed by atoms with Gasteiger partial charge in [-0.15, -0.1) is 0 Å². The predicted octanol–water partition coefficient (Wildman–Crippen LogP) is 2.11. The van der Waals surface area contributed by atoms with Gasteiger partial charge in [-0.3, -0.25) is 0 Å². The summed E-state index contributed by atoms with van der Waals surface area (Å²) in [6.07, 6.45) is 2.73. The first kappa shape index (κ1) is 14.3. The van der Waals surface area contributed by atoms with Crippen LogP contribution in [0.15, 0.2) is 12.1 Å². The summed E-state index contributed by atoms with van der Waals surface area (Å²) in [5, 5.41) is 3.20. The van der Waals surface area contributed by atoms with E-state index in [1.807, 2.05) is 7.05 Å². The number of nitrogens with zero attached hydrogens (tertiary/aromatic N) is 2. The lowest BCUT2D eigenvalue weighted by Crippen LogP contribution is -2.32. The van der Waals surface area contributed by atoms with Crippen LogP contribution >= 0.6 is 0 Å². The zero-order chi connectivity index (χ0) is 13.7. The highest BCUT2D eigenvalue weighted by atomic mass is 16.5. The quantitative estimate of drug-likeness (QED) is 0.853. The van der Waals surface area contributed by atoms with E-state index in [0.29, 0.717) is 6.10 Å². The number of nitrogens with one attached hydrogen (secondary N) is 1. The van der Waals surface area contributed by atoms with E-state index in [1.54, 1.807) is 0 Å². The smallest absolute Gasteiger partial charge is 0.129 e. The van der Waals surface area contributed by atoms with Crippen molar-refractivity contribution in [3.63, 3.8) is 0 Å². The Hall–Kier alpha value is -1.13. The van der Waals surface area contributed by atoms with Gasteiger partial charge in [0.25, 0.3) is 0 Å². The van der Waals surface area contributed by atoms with Crippen LogP contribution in [-0.2, 0) is 11.3 Å². The van der Waals surface area contributed by atoms with Gasteiger partial charge in [0, 0.05) is 31.9 Å². The summed E-state index contributed by atoms with van der Waals surface area (Å²) in [6, 6.07) is 4.32. The fourth-order valence-corrected chi connectivity index (χ4v) is 2.61. The number of rotatable bonds is 6. The molecule has 1 N–H and O–H groups in total. The fraction of sp³-hybridized carbons (Fsp3) is 0.667. The second-order valence-corrected chi connectivity index (χ2v) is 5.18. The molecule has 0 spiro atoms. The molecular formula is C15H25N3O. The molecule has 1 aliphatic heterocycles. The molecule has 1 unspecified atom stereocenters. The summed E-state index contributed by atoms with van der Waals surface area (Å²) in [4.78, 5) is 6.99. The van der Waals surface area contributed by atoms with E-state index in [9.17, 15) is 0 Å². The van der Waals surface area contributed by atoms with Crippen molar-refractivity contribution in [2.24, 2.45) is 0 Å². The Morgan fingerprint density at radius 2 is 2.32 bits per heavy atom. The topological polar surface area (TPSA) is 37.4 Å². The normalized spacial score (nSPS) is 18.8. The van der Waals surface area contributed by atoms with Gasteiger partial charge in [-0.05, 0) is 51.4 Å². The molecule has 0 aliphatic carbocycles. The third-order valence-corrected chi connectivity index (χ3v) is 3.53. The van der Waals surface area contributed by atoms with Crippen LogP contribution in [-0.4, -0.2) is 37.8 Å². The first-order chi connectivity index (χ1) is 9.22. The van der Waals surface area contributed by atoms with Crippen molar-refractivity contribution in [3.8, 4) is 0 Å². The zero-order valence-corrected chi connectivity index (χ0v) is 12.3. The van der Waals surface area contributed by atoms with Gasteiger partial charge >= 0.3 is 0 Å². The van der Waals surface area contributed by atoms with Crippen LogP contribution in [0.1, 0.15) is 31.0 Å². The molecule has 19 heavy (non-hydrogen) atoms. The molecule has 4 nitrogen and oxygen atoms in total. The standard InChI is InChI=1S/C15H25N3O/c1-4-18(11-14-6-5-7-19-14)15-9-13(10-16-3)8-12(2)17-15/h8-9,14,16H,4-7,10-11H2,1-3H3. The number of aromatic nitrogens is 1. The van der Waals surface area contributed by atoms with E-state index in [-0.39, 0.29) is 0 Å². The fourth-order valence-electron chi connectivity index (χ4n) is 2.61. The number of hydrogen-bond donors (Lipinski definition) is 1. The van der Waals surface area contributed by atoms with Gasteiger partial charge in [0.05, 0.1) is 6.10 Å². The average Bonchev–Trinajstić information content (AvgIpc) is 2.88. The van der Waals surface area contributed by atoms with Crippen LogP contribution in [0.5, 0.6) is 0 Å². The van der Waals surface area contributed by atoms with Crippen LogP contribution < -0.4 is 10.2 Å². The van der Waals surface area contributed by atoms with Crippen molar-refractivity contribution < 1.29 is 4.74 Å². The van der Waals surface area contributed by atoms with E-state index in [2.05, 4.69) is 41.2 Å². The van der Waals surface area contributed by atoms with E-state index < -0.39 is 0 Å². The van der Waals surface area contributed by atoms with Gasteiger partial charge in [-0.1, -0.05) is 0 Å². The number of anilines is 1. The van der Waals surface area contributed by atoms with Crippen molar-refractivity contribution in [2.45, 2.75) is 39.3 Å². The minimum absolute atomic E-state index is 0.370. The molecule has 2 heterocycles. The Balaban J connectivity index is 2.11. The molecule has 1 aromatic heterocycles. The minimum Gasteiger partial charge on any atom is -0.376 e. The Kier molecular flexibility index (Phi) is 5.16. The summed E-state index contributed by atoms with van der Waals surface area (Å²) in [7, 11) is 1.97. The molecule has 1 fully saturated rings. The highest BCUT2D eigenvalue weighted by Crippen LogP contribution is 2.19. The second kappa shape index (κ2) is 6.87. The maximum atomic E-state index is 5.73. The molecule has 0 bridgehead atoms. The molecule has 0 aromatic carbocycles. The van der Waals surface area contributed by atoms with Crippen LogP contribution in [0, 0.1) is 6.92 Å². The number of likely N-dealkylation sites (N-methyl/N-ethyl adjacent to an activating group) is 1. The number of hydrogen-bond acceptors (Lipinski definition) is 4. The monoisotopic (exact) mass is 263 g/mol. The van der Waals surface area contributed by atoms with E-state index in [0.717, 1.165) is 37.8 Å². The Morgan fingerprint density at radius 1 is 1.47 bits per heavy atom. The summed E-state index contributed by atoms with van der Waals surface area (Å²) in [5.74, 6) is 1.07. The molecule has 0 saturated carbocycles. The van der Waals surface area contributed by atoms with E-state index >= 15 is 0 Å². The van der Waals surface area contributed by atoms with Crippen molar-refractivity contribution in [2.75, 3.05) is 31.6 Å². The van der Waals surface area contributed by atoms with Crippen LogP contribution in [0.2, 0.25) is 0 Å². The Bertz CT molecular complexity index is 402. The summed E-state index contributed by atoms with van der Waals surface area (Å²) in [5.41, 5.74) is 2.37. The predicted molar refractivity (Wildman–Crippen MR) is 78.6 cm³/mol. The first-order valence-electron chi connectivity index (χ1n) is 7.21. The minimum atomic E-state index is 0.370. The largest absolute Gasteiger partial charge is 0.376 e. The van der Waals surface area contributed by atoms with E-state index in [1.165, 1.54) is 18.4 Å². The lowest BCUT2D eigenvalue weighted by molar-refractivity contribution is 0.115. The highest BCUT2D eigenvalue weighted by molar-refractivity contribution is 5.42.